The van der Waals surface area contributed by atoms with Crippen molar-refractivity contribution in [3.05, 3.63) is 45.8 Å². The number of benzene rings is 1. The van der Waals surface area contributed by atoms with Gasteiger partial charge in [-0.2, -0.15) is 5.10 Å². The van der Waals surface area contributed by atoms with Gasteiger partial charge in [0.05, 0.1) is 36.9 Å². The SMILES string of the molecule is O=c1c(Cl)c(NC[C@@H]2COCCS2(=O)=O)cnn1[C@H]1CC[C@@H](N(c2ccc(OCF)cc2)C2CC2)CC1. The van der Waals surface area contributed by atoms with E-state index in [1.807, 2.05) is 12.1 Å². The molecular formula is C25H32ClFN4O5S. The minimum atomic E-state index is -3.24. The first kappa shape index (κ1) is 26.2. The Labute approximate surface area is 220 Å². The summed E-state index contributed by atoms with van der Waals surface area (Å²) in [6.07, 6.45) is 7.23. The van der Waals surface area contributed by atoms with Gasteiger partial charge in [0.15, 0.2) is 9.84 Å². The van der Waals surface area contributed by atoms with Crippen LogP contribution in [0, 0.1) is 0 Å². The van der Waals surface area contributed by atoms with Crippen LogP contribution >= 0.6 is 11.6 Å². The third-order valence-electron chi connectivity index (χ3n) is 7.49. The third kappa shape index (κ3) is 5.88. The second-order valence-electron chi connectivity index (χ2n) is 9.91. The van der Waals surface area contributed by atoms with Crippen molar-refractivity contribution < 1.29 is 22.3 Å². The van der Waals surface area contributed by atoms with E-state index in [-0.39, 0.29) is 42.1 Å². The summed E-state index contributed by atoms with van der Waals surface area (Å²) in [5.41, 5.74) is 1.06. The molecule has 0 unspecified atom stereocenters. The van der Waals surface area contributed by atoms with Gasteiger partial charge in [0.1, 0.15) is 16.0 Å². The molecule has 0 bridgehead atoms. The molecule has 1 atom stereocenters. The van der Waals surface area contributed by atoms with Gasteiger partial charge in [-0.25, -0.2) is 17.5 Å². The second-order valence-corrected chi connectivity index (χ2v) is 12.7. The molecule has 0 radical (unpaired) electrons. The predicted octanol–water partition coefficient (Wildman–Crippen LogP) is 3.58. The molecule has 3 aliphatic rings. The monoisotopic (exact) mass is 554 g/mol. The maximum atomic E-state index is 13.0. The largest absolute Gasteiger partial charge is 0.463 e. The molecule has 3 fully saturated rings. The highest BCUT2D eigenvalue weighted by atomic mass is 35.5. The van der Waals surface area contributed by atoms with Gasteiger partial charge in [0.25, 0.3) is 5.56 Å². The molecule has 37 heavy (non-hydrogen) atoms. The highest BCUT2D eigenvalue weighted by Crippen LogP contribution is 2.40. The summed E-state index contributed by atoms with van der Waals surface area (Å²) in [4.78, 5) is 15.5. The van der Waals surface area contributed by atoms with Crippen molar-refractivity contribution in [2.75, 3.05) is 42.6 Å². The van der Waals surface area contributed by atoms with Crippen molar-refractivity contribution in [3.8, 4) is 5.75 Å². The van der Waals surface area contributed by atoms with Gasteiger partial charge in [0.2, 0.25) is 6.86 Å². The zero-order chi connectivity index (χ0) is 26.0. The molecule has 1 aromatic heterocycles. The van der Waals surface area contributed by atoms with Gasteiger partial charge < -0.3 is 19.7 Å². The number of nitrogens with zero attached hydrogens (tertiary/aromatic N) is 3. The third-order valence-corrected chi connectivity index (χ3v) is 9.91. The van der Waals surface area contributed by atoms with Gasteiger partial charge in [-0.3, -0.25) is 4.79 Å². The van der Waals surface area contributed by atoms with Crippen LogP contribution in [-0.4, -0.2) is 67.9 Å². The van der Waals surface area contributed by atoms with Crippen LogP contribution in [0.4, 0.5) is 15.8 Å². The molecule has 0 spiro atoms. The van der Waals surface area contributed by atoms with Crippen LogP contribution in [0.25, 0.3) is 0 Å². The molecule has 2 aliphatic carbocycles. The molecule has 12 heteroatoms. The van der Waals surface area contributed by atoms with Crippen molar-refractivity contribution in [1.29, 1.82) is 0 Å². The van der Waals surface area contributed by atoms with Gasteiger partial charge in [0, 0.05) is 24.3 Å². The first-order valence-corrected chi connectivity index (χ1v) is 14.8. The fourth-order valence-corrected chi connectivity index (χ4v) is 6.86. The van der Waals surface area contributed by atoms with Crippen LogP contribution < -0.4 is 20.5 Å². The van der Waals surface area contributed by atoms with Crippen molar-refractivity contribution in [2.45, 2.75) is 61.9 Å². The summed E-state index contributed by atoms with van der Waals surface area (Å²) in [7, 11) is -3.24. The molecule has 5 rings (SSSR count). The summed E-state index contributed by atoms with van der Waals surface area (Å²) in [6, 6.07) is 8.37. The van der Waals surface area contributed by atoms with Crippen LogP contribution in [-0.2, 0) is 14.6 Å². The highest BCUT2D eigenvalue weighted by molar-refractivity contribution is 7.92. The van der Waals surface area contributed by atoms with E-state index in [4.69, 9.17) is 21.1 Å². The fourth-order valence-electron chi connectivity index (χ4n) is 5.33. The molecule has 2 heterocycles. The predicted molar refractivity (Wildman–Crippen MR) is 140 cm³/mol. The average Bonchev–Trinajstić information content (AvgIpc) is 3.73. The number of alkyl halides is 1. The Morgan fingerprint density at radius 2 is 1.81 bits per heavy atom. The lowest BCUT2D eigenvalue weighted by Gasteiger charge is -2.39. The van der Waals surface area contributed by atoms with Gasteiger partial charge in [-0.15, -0.1) is 0 Å². The van der Waals surface area contributed by atoms with E-state index in [1.165, 1.54) is 10.9 Å². The molecule has 2 saturated carbocycles. The number of halogens is 2. The van der Waals surface area contributed by atoms with Crippen molar-refractivity contribution in [1.82, 2.24) is 9.78 Å². The quantitative estimate of drug-likeness (QED) is 0.502. The van der Waals surface area contributed by atoms with E-state index >= 15 is 0 Å². The number of nitrogens with one attached hydrogen (secondary N) is 1. The van der Waals surface area contributed by atoms with E-state index in [0.717, 1.165) is 44.2 Å². The maximum Gasteiger partial charge on any atom is 0.287 e. The summed E-state index contributed by atoms with van der Waals surface area (Å²) in [5, 5.41) is 6.69. The van der Waals surface area contributed by atoms with Crippen molar-refractivity contribution in [2.24, 2.45) is 0 Å². The zero-order valence-electron chi connectivity index (χ0n) is 20.5. The van der Waals surface area contributed by atoms with Crippen LogP contribution in [0.15, 0.2) is 35.3 Å². The average molecular weight is 555 g/mol. The summed E-state index contributed by atoms with van der Waals surface area (Å²) >= 11 is 6.39. The Balaban J connectivity index is 1.22. The minimum Gasteiger partial charge on any atom is -0.463 e. The molecule has 1 saturated heterocycles. The Bertz CT molecular complexity index is 1250. The fraction of sp³-hybridized carbons (Fsp3) is 0.600. The normalized spacial score (nSPS) is 25.4. The van der Waals surface area contributed by atoms with E-state index in [0.29, 0.717) is 23.5 Å². The lowest BCUT2D eigenvalue weighted by atomic mass is 9.89. The van der Waals surface area contributed by atoms with Gasteiger partial charge in [-0.05, 0) is 62.8 Å². The van der Waals surface area contributed by atoms with E-state index in [9.17, 15) is 17.6 Å². The van der Waals surface area contributed by atoms with E-state index in [1.54, 1.807) is 12.1 Å². The number of sulfone groups is 1. The van der Waals surface area contributed by atoms with Crippen LogP contribution in [0.2, 0.25) is 5.02 Å². The number of ether oxygens (including phenoxy) is 2. The molecular weight excluding hydrogens is 523 g/mol. The molecule has 9 nitrogen and oxygen atoms in total. The van der Waals surface area contributed by atoms with E-state index < -0.39 is 21.9 Å². The first-order valence-electron chi connectivity index (χ1n) is 12.7. The van der Waals surface area contributed by atoms with Crippen LogP contribution in [0.5, 0.6) is 5.75 Å². The Kier molecular flexibility index (Phi) is 7.92. The summed E-state index contributed by atoms with van der Waals surface area (Å²) < 4.78 is 48.6. The summed E-state index contributed by atoms with van der Waals surface area (Å²) in [5.74, 6) is 0.506. The number of hydrogen-bond donors (Lipinski definition) is 1. The number of aromatic nitrogens is 2. The number of anilines is 2. The van der Waals surface area contributed by atoms with Crippen molar-refractivity contribution >= 4 is 32.8 Å². The lowest BCUT2D eigenvalue weighted by molar-refractivity contribution is 0.140. The number of hydrogen-bond acceptors (Lipinski definition) is 8. The van der Waals surface area contributed by atoms with Gasteiger partial charge >= 0.3 is 0 Å². The Morgan fingerprint density at radius 3 is 2.43 bits per heavy atom. The van der Waals surface area contributed by atoms with Crippen LogP contribution in [0.1, 0.15) is 44.6 Å². The molecule has 202 valence electrons. The standard InChI is InChI=1S/C25H32ClFN4O5S/c26-24-23(28-13-22-15-35-11-12-37(22,33)34)14-29-31(25(24)32)20-5-3-18(4-6-20)30(17-1-2-17)19-7-9-21(10-8-19)36-16-27/h7-10,14,17-18,20,22,28H,1-6,11-13,15-16H2/t18-,20+,22-/m1/s1. The number of rotatable bonds is 9. The van der Waals surface area contributed by atoms with Crippen LogP contribution in [0.3, 0.4) is 0 Å². The zero-order valence-corrected chi connectivity index (χ0v) is 22.1. The maximum absolute atomic E-state index is 13.0. The molecule has 1 aliphatic heterocycles. The van der Waals surface area contributed by atoms with E-state index in [2.05, 4.69) is 15.3 Å². The molecule has 1 N–H and O–H groups in total. The lowest BCUT2D eigenvalue weighted by Crippen LogP contribution is -2.42. The molecule has 1 aromatic carbocycles. The van der Waals surface area contributed by atoms with Gasteiger partial charge in [-0.1, -0.05) is 11.6 Å². The Morgan fingerprint density at radius 1 is 1.14 bits per heavy atom. The highest BCUT2D eigenvalue weighted by Gasteiger charge is 2.37. The Hall–Kier alpha value is -2.37. The van der Waals surface area contributed by atoms with Crippen molar-refractivity contribution in [3.63, 3.8) is 0 Å². The molecule has 0 amide bonds. The topological polar surface area (TPSA) is 103 Å². The molecule has 2 aromatic rings. The minimum absolute atomic E-state index is 0.00730. The smallest absolute Gasteiger partial charge is 0.287 e. The summed E-state index contributed by atoms with van der Waals surface area (Å²) in [6.45, 7) is -0.411. The first-order chi connectivity index (χ1) is 17.9. The second kappa shape index (κ2) is 11.2.